The fraction of sp³-hybridized carbons (Fsp3) is 0.406. The Labute approximate surface area is 296 Å². The van der Waals surface area contributed by atoms with Crippen LogP contribution in [0.1, 0.15) is 24.6 Å². The van der Waals surface area contributed by atoms with Gasteiger partial charge in [-0.3, -0.25) is 28.5 Å². The van der Waals surface area contributed by atoms with Crippen LogP contribution in [-0.4, -0.2) is 114 Å². The minimum atomic E-state index is -1.04. The zero-order valence-corrected chi connectivity index (χ0v) is 29.6. The summed E-state index contributed by atoms with van der Waals surface area (Å²) < 4.78 is 23.7. The van der Waals surface area contributed by atoms with Crippen molar-refractivity contribution in [2.75, 3.05) is 58.6 Å². The molecule has 15 nitrogen and oxygen atoms in total. The van der Waals surface area contributed by atoms with E-state index < -0.39 is 41.8 Å². The quantitative estimate of drug-likeness (QED) is 0.0539. The Kier molecular flexibility index (Phi) is 13.1. The molecule has 0 aliphatic carbocycles. The molecule has 4 amide bonds. The van der Waals surface area contributed by atoms with E-state index in [1.807, 2.05) is 14.1 Å². The van der Waals surface area contributed by atoms with E-state index in [1.165, 1.54) is 29.0 Å². The van der Waals surface area contributed by atoms with Crippen LogP contribution in [0.5, 0.6) is 5.75 Å². The Bertz CT molecular complexity index is 1690. The van der Waals surface area contributed by atoms with Gasteiger partial charge in [-0.2, -0.15) is 0 Å². The summed E-state index contributed by atoms with van der Waals surface area (Å²) in [6.45, 7) is 1.00. The molecule has 0 unspecified atom stereocenters. The van der Waals surface area contributed by atoms with Crippen LogP contribution in [0.15, 0.2) is 58.2 Å². The standard InChI is InChI=1S/C32H38FN7O8S2/c1-19(41)35-32-36-23(18-50-32)25(38-48-14-6-12-33)28(43)37-26-29(44)39-27(31(45)47-16-20-8-10-22(46-4)11-9-20)21(17-49-30(26)39)7-5-13-40(2,3)15-24(34)42/h5,7-11,18,26,30H,6,12-17H2,1-4H3,(H3-,34,35,36,37,41,42,43)/p+1/b7-5+,38-25-/t26-,30+/m1/s1. The third kappa shape index (κ3) is 9.88. The summed E-state index contributed by atoms with van der Waals surface area (Å²) in [5, 5.41) is 10.1. The molecule has 4 N–H and O–H groups in total. The molecule has 2 atom stereocenters. The van der Waals surface area contributed by atoms with E-state index in [9.17, 15) is 28.4 Å². The predicted molar refractivity (Wildman–Crippen MR) is 185 cm³/mol. The summed E-state index contributed by atoms with van der Waals surface area (Å²) in [6.07, 6.45) is 3.57. The summed E-state index contributed by atoms with van der Waals surface area (Å²) >= 11 is 2.38. The minimum Gasteiger partial charge on any atom is -0.497 e. The maximum atomic E-state index is 13.7. The highest BCUT2D eigenvalue weighted by atomic mass is 32.2. The number of carbonyl (C=O) groups excluding carboxylic acids is 5. The number of aromatic nitrogens is 1. The van der Waals surface area contributed by atoms with Gasteiger partial charge in [-0.05, 0) is 29.3 Å². The summed E-state index contributed by atoms with van der Waals surface area (Å²) in [7, 11) is 5.21. The molecule has 0 spiro atoms. The van der Waals surface area contributed by atoms with Crippen molar-refractivity contribution in [1.29, 1.82) is 0 Å². The third-order valence-electron chi connectivity index (χ3n) is 7.28. The monoisotopic (exact) mass is 732 g/mol. The molecule has 4 rings (SSSR count). The van der Waals surface area contributed by atoms with Crippen LogP contribution >= 0.6 is 23.1 Å². The number of esters is 1. The van der Waals surface area contributed by atoms with Gasteiger partial charge in [-0.1, -0.05) is 23.4 Å². The van der Waals surface area contributed by atoms with Gasteiger partial charge in [0.15, 0.2) is 17.4 Å². The van der Waals surface area contributed by atoms with Crippen molar-refractivity contribution in [3.63, 3.8) is 0 Å². The number of anilines is 1. The molecule has 0 radical (unpaired) electrons. The van der Waals surface area contributed by atoms with Crippen molar-refractivity contribution in [1.82, 2.24) is 15.2 Å². The number of primary amides is 1. The fourth-order valence-corrected chi connectivity index (χ4v) is 6.96. The summed E-state index contributed by atoms with van der Waals surface area (Å²) in [5.74, 6) is -1.96. The number of amides is 4. The minimum absolute atomic E-state index is 0.0390. The second kappa shape index (κ2) is 17.2. The number of oxime groups is 1. The highest BCUT2D eigenvalue weighted by Gasteiger charge is 2.54. The molecule has 0 saturated carbocycles. The first-order valence-electron chi connectivity index (χ1n) is 15.4. The number of hydrogen-bond acceptors (Lipinski definition) is 12. The second-order valence-electron chi connectivity index (χ2n) is 11.8. The Morgan fingerprint density at radius 1 is 1.22 bits per heavy atom. The number of halogens is 1. The number of fused-ring (bicyclic) bond motifs is 1. The van der Waals surface area contributed by atoms with Crippen molar-refractivity contribution in [3.8, 4) is 5.75 Å². The third-order valence-corrected chi connectivity index (χ3v) is 9.34. The Balaban J connectivity index is 1.56. The molecular formula is C32H39FN7O8S2+. The number of thioether (sulfide) groups is 1. The van der Waals surface area contributed by atoms with Crippen LogP contribution in [0.2, 0.25) is 0 Å². The topological polar surface area (TPSA) is 192 Å². The highest BCUT2D eigenvalue weighted by Crippen LogP contribution is 2.41. The van der Waals surface area contributed by atoms with Gasteiger partial charge in [0.1, 0.15) is 41.8 Å². The first-order valence-corrected chi connectivity index (χ1v) is 17.3. The molecule has 18 heteroatoms. The number of methoxy groups -OCH3 is 1. The Hall–Kier alpha value is -4.81. The van der Waals surface area contributed by atoms with Gasteiger partial charge < -0.3 is 35.2 Å². The van der Waals surface area contributed by atoms with E-state index in [2.05, 4.69) is 20.8 Å². The van der Waals surface area contributed by atoms with Crippen molar-refractivity contribution in [2.24, 2.45) is 10.9 Å². The number of allylic oxidation sites excluding steroid dienone is 1. The van der Waals surface area contributed by atoms with E-state index >= 15 is 0 Å². The van der Waals surface area contributed by atoms with Gasteiger partial charge in [0, 0.05) is 24.5 Å². The normalized spacial score (nSPS) is 17.6. The molecule has 0 bridgehead atoms. The number of carbonyl (C=O) groups is 5. The molecule has 2 aliphatic heterocycles. The number of nitrogens with zero attached hydrogens (tertiary/aromatic N) is 4. The van der Waals surface area contributed by atoms with Crippen LogP contribution in [0.4, 0.5) is 9.52 Å². The predicted octanol–water partition coefficient (Wildman–Crippen LogP) is 1.71. The number of quaternary nitrogens is 1. The highest BCUT2D eigenvalue weighted by molar-refractivity contribution is 8.00. The number of β-lactam (4-membered cyclic amide) rings is 1. The number of nitrogens with two attached hydrogens (primary N) is 1. The van der Waals surface area contributed by atoms with Crippen LogP contribution in [0.3, 0.4) is 0 Å². The van der Waals surface area contributed by atoms with E-state index in [4.69, 9.17) is 20.0 Å². The lowest BCUT2D eigenvalue weighted by atomic mass is 10.0. The van der Waals surface area contributed by atoms with Crippen LogP contribution in [0, 0.1) is 0 Å². The lowest BCUT2D eigenvalue weighted by Crippen LogP contribution is -2.71. The number of thiazole rings is 1. The first kappa shape index (κ1) is 38.0. The number of likely N-dealkylation sites (N-methyl/N-ethyl adjacent to an activating group) is 1. The van der Waals surface area contributed by atoms with Crippen molar-refractivity contribution >= 4 is 63.5 Å². The summed E-state index contributed by atoms with van der Waals surface area (Å²) in [4.78, 5) is 74.4. The number of benzene rings is 1. The van der Waals surface area contributed by atoms with Gasteiger partial charge in [0.25, 0.3) is 17.7 Å². The van der Waals surface area contributed by atoms with Crippen LogP contribution in [0.25, 0.3) is 0 Å². The molecule has 268 valence electrons. The average molecular weight is 733 g/mol. The van der Waals surface area contributed by atoms with Gasteiger partial charge in [0.05, 0.1) is 34.4 Å². The molecule has 2 aliphatic rings. The van der Waals surface area contributed by atoms with Gasteiger partial charge >= 0.3 is 5.97 Å². The van der Waals surface area contributed by atoms with E-state index in [0.29, 0.717) is 29.2 Å². The Morgan fingerprint density at radius 2 is 1.96 bits per heavy atom. The van der Waals surface area contributed by atoms with E-state index in [-0.39, 0.29) is 58.8 Å². The average Bonchev–Trinajstić information content (AvgIpc) is 3.52. The SMILES string of the molecule is COc1ccc(COC(=O)C2=C(/C=C/C[N+](C)(C)CC(N)=O)CS[C@H]3[C@H](NC(=O)/C(=N\OCCCF)c4csc(NC(C)=O)n4)C(=O)N23)cc1. The molecule has 1 aromatic carbocycles. The second-order valence-corrected chi connectivity index (χ2v) is 13.8. The lowest BCUT2D eigenvalue weighted by Gasteiger charge is -2.49. The largest absolute Gasteiger partial charge is 0.497 e. The number of alkyl halides is 1. The van der Waals surface area contributed by atoms with E-state index in [0.717, 1.165) is 11.3 Å². The maximum absolute atomic E-state index is 13.7. The Morgan fingerprint density at radius 3 is 2.62 bits per heavy atom. The first-order chi connectivity index (χ1) is 23.8. The van der Waals surface area contributed by atoms with Crippen LogP contribution < -0.4 is 21.1 Å². The zero-order chi connectivity index (χ0) is 36.4. The van der Waals surface area contributed by atoms with Crippen molar-refractivity contribution < 1.29 is 47.2 Å². The molecule has 2 aromatic rings. The van der Waals surface area contributed by atoms with Crippen LogP contribution in [-0.2, 0) is 40.2 Å². The summed E-state index contributed by atoms with van der Waals surface area (Å²) in [6, 6.07) is 5.93. The molecule has 1 fully saturated rings. The zero-order valence-electron chi connectivity index (χ0n) is 28.0. The number of rotatable bonds is 17. The number of ether oxygens (including phenoxy) is 2. The van der Waals surface area contributed by atoms with Crippen molar-refractivity contribution in [3.05, 3.63) is 64.3 Å². The molecule has 1 saturated heterocycles. The molecule has 1 aromatic heterocycles. The number of hydrogen-bond donors (Lipinski definition) is 3. The maximum Gasteiger partial charge on any atom is 0.355 e. The number of nitrogens with one attached hydrogen (secondary N) is 2. The fourth-order valence-electron chi connectivity index (χ4n) is 4.90. The lowest BCUT2D eigenvalue weighted by molar-refractivity contribution is -0.876. The van der Waals surface area contributed by atoms with Gasteiger partial charge in [-0.25, -0.2) is 9.78 Å². The molecular weight excluding hydrogens is 694 g/mol. The van der Waals surface area contributed by atoms with Gasteiger partial charge in [0.2, 0.25) is 5.91 Å². The molecule has 50 heavy (non-hydrogen) atoms. The van der Waals surface area contributed by atoms with Gasteiger partial charge in [-0.15, -0.1) is 23.1 Å². The molecule has 3 heterocycles. The van der Waals surface area contributed by atoms with Crippen molar-refractivity contribution in [2.45, 2.75) is 31.4 Å². The smallest absolute Gasteiger partial charge is 0.355 e. The van der Waals surface area contributed by atoms with E-state index in [1.54, 1.807) is 43.5 Å². The summed E-state index contributed by atoms with van der Waals surface area (Å²) in [5.41, 5.74) is 6.45.